The van der Waals surface area contributed by atoms with Crippen LogP contribution in [-0.4, -0.2) is 49.6 Å². The number of piperazine rings is 1. The molecule has 1 heterocycles. The smallest absolute Gasteiger partial charge is 0.237 e. The first-order chi connectivity index (χ1) is 9.27. The molecule has 2 aliphatic rings. The zero-order valence-corrected chi connectivity index (χ0v) is 12.3. The average molecular weight is 267 g/mol. The molecule has 110 valence electrons. The van der Waals surface area contributed by atoms with Gasteiger partial charge in [-0.3, -0.25) is 9.69 Å². The average Bonchev–Trinajstić information content (AvgIpc) is 2.48. The zero-order valence-electron chi connectivity index (χ0n) is 12.3. The van der Waals surface area contributed by atoms with E-state index in [-0.39, 0.29) is 11.9 Å². The van der Waals surface area contributed by atoms with Gasteiger partial charge < -0.3 is 10.6 Å². The maximum absolute atomic E-state index is 12.1. The van der Waals surface area contributed by atoms with Crippen LogP contribution in [0.15, 0.2) is 0 Å². The van der Waals surface area contributed by atoms with Gasteiger partial charge >= 0.3 is 0 Å². The maximum atomic E-state index is 12.1. The van der Waals surface area contributed by atoms with Gasteiger partial charge in [-0.15, -0.1) is 0 Å². The molecule has 1 amide bonds. The molecule has 2 fully saturated rings. The van der Waals surface area contributed by atoms with Gasteiger partial charge in [0.1, 0.15) is 0 Å². The third kappa shape index (κ3) is 4.77. The lowest BCUT2D eigenvalue weighted by molar-refractivity contribution is -0.126. The maximum Gasteiger partial charge on any atom is 0.237 e. The molecule has 1 aliphatic heterocycles. The van der Waals surface area contributed by atoms with Crippen molar-refractivity contribution in [3.8, 4) is 0 Å². The SMILES string of the molecule is CC(C(=O)NCCC1CCCCC1)N1CCNCC1. The predicted molar refractivity (Wildman–Crippen MR) is 78.1 cm³/mol. The van der Waals surface area contributed by atoms with Crippen molar-refractivity contribution >= 4 is 5.91 Å². The lowest BCUT2D eigenvalue weighted by Crippen LogP contribution is -2.52. The molecule has 1 saturated carbocycles. The monoisotopic (exact) mass is 267 g/mol. The van der Waals surface area contributed by atoms with Gasteiger partial charge in [0, 0.05) is 32.7 Å². The molecule has 0 aromatic carbocycles. The van der Waals surface area contributed by atoms with Gasteiger partial charge in [-0.1, -0.05) is 32.1 Å². The Labute approximate surface area is 117 Å². The summed E-state index contributed by atoms with van der Waals surface area (Å²) in [6.07, 6.45) is 8.07. The van der Waals surface area contributed by atoms with Crippen LogP contribution in [-0.2, 0) is 4.79 Å². The number of rotatable bonds is 5. The van der Waals surface area contributed by atoms with Crippen molar-refractivity contribution in [3.63, 3.8) is 0 Å². The van der Waals surface area contributed by atoms with E-state index in [0.29, 0.717) is 0 Å². The van der Waals surface area contributed by atoms with E-state index in [1.165, 1.54) is 38.5 Å². The highest BCUT2D eigenvalue weighted by Crippen LogP contribution is 2.25. The summed E-state index contributed by atoms with van der Waals surface area (Å²) < 4.78 is 0. The van der Waals surface area contributed by atoms with Gasteiger partial charge in [0.25, 0.3) is 0 Å². The quantitative estimate of drug-likeness (QED) is 0.791. The third-order valence-corrected chi connectivity index (χ3v) is 4.66. The first-order valence-electron chi connectivity index (χ1n) is 8.00. The van der Waals surface area contributed by atoms with E-state index >= 15 is 0 Å². The van der Waals surface area contributed by atoms with E-state index in [2.05, 4.69) is 15.5 Å². The van der Waals surface area contributed by atoms with E-state index in [1.807, 2.05) is 6.92 Å². The molecule has 0 radical (unpaired) electrons. The molecule has 0 aromatic heterocycles. The van der Waals surface area contributed by atoms with Crippen LogP contribution in [0.3, 0.4) is 0 Å². The Morgan fingerprint density at radius 3 is 2.63 bits per heavy atom. The van der Waals surface area contributed by atoms with Crippen LogP contribution in [0, 0.1) is 5.92 Å². The number of nitrogens with zero attached hydrogens (tertiary/aromatic N) is 1. The normalized spacial score (nSPS) is 24.1. The molecule has 4 nitrogen and oxygen atoms in total. The Balaban J connectivity index is 1.62. The van der Waals surface area contributed by atoms with Crippen molar-refractivity contribution in [1.82, 2.24) is 15.5 Å². The first kappa shape index (κ1) is 14.8. The van der Waals surface area contributed by atoms with Crippen molar-refractivity contribution in [2.45, 2.75) is 51.5 Å². The molecular formula is C15H29N3O. The van der Waals surface area contributed by atoms with Gasteiger partial charge in [0.15, 0.2) is 0 Å². The molecular weight excluding hydrogens is 238 g/mol. The standard InChI is InChI=1S/C15H29N3O/c1-13(18-11-9-16-10-12-18)15(19)17-8-7-14-5-3-2-4-6-14/h13-14,16H,2-12H2,1H3,(H,17,19). The van der Waals surface area contributed by atoms with Crippen LogP contribution >= 0.6 is 0 Å². The van der Waals surface area contributed by atoms with Crippen molar-refractivity contribution in [2.24, 2.45) is 5.92 Å². The summed E-state index contributed by atoms with van der Waals surface area (Å²) in [7, 11) is 0. The molecule has 0 bridgehead atoms. The summed E-state index contributed by atoms with van der Waals surface area (Å²) in [6.45, 7) is 6.86. The molecule has 1 atom stereocenters. The van der Waals surface area contributed by atoms with Crippen LogP contribution in [0.25, 0.3) is 0 Å². The summed E-state index contributed by atoms with van der Waals surface area (Å²) in [6, 6.07) is 0.0217. The van der Waals surface area contributed by atoms with Crippen LogP contribution in [0.2, 0.25) is 0 Å². The van der Waals surface area contributed by atoms with Gasteiger partial charge in [-0.25, -0.2) is 0 Å². The first-order valence-corrected chi connectivity index (χ1v) is 8.00. The van der Waals surface area contributed by atoms with E-state index in [1.54, 1.807) is 0 Å². The van der Waals surface area contributed by atoms with Crippen LogP contribution in [0.4, 0.5) is 0 Å². The minimum atomic E-state index is 0.0217. The number of nitrogens with one attached hydrogen (secondary N) is 2. The van der Waals surface area contributed by atoms with Gasteiger partial charge in [0.05, 0.1) is 6.04 Å². The highest BCUT2D eigenvalue weighted by Gasteiger charge is 2.22. The van der Waals surface area contributed by atoms with Crippen molar-refractivity contribution in [2.75, 3.05) is 32.7 Å². The second-order valence-electron chi connectivity index (χ2n) is 6.05. The lowest BCUT2D eigenvalue weighted by Gasteiger charge is -2.32. The van der Waals surface area contributed by atoms with E-state index in [4.69, 9.17) is 0 Å². The van der Waals surface area contributed by atoms with E-state index in [9.17, 15) is 4.79 Å². The van der Waals surface area contributed by atoms with E-state index in [0.717, 1.165) is 38.6 Å². The largest absolute Gasteiger partial charge is 0.355 e. The van der Waals surface area contributed by atoms with Gasteiger partial charge in [-0.2, -0.15) is 0 Å². The Morgan fingerprint density at radius 2 is 1.95 bits per heavy atom. The van der Waals surface area contributed by atoms with Crippen molar-refractivity contribution < 1.29 is 4.79 Å². The van der Waals surface area contributed by atoms with Crippen LogP contribution in [0.5, 0.6) is 0 Å². The number of hydrogen-bond acceptors (Lipinski definition) is 3. The minimum absolute atomic E-state index is 0.0217. The highest BCUT2D eigenvalue weighted by atomic mass is 16.2. The molecule has 0 spiro atoms. The second kappa shape index (κ2) is 7.85. The van der Waals surface area contributed by atoms with Gasteiger partial charge in [-0.05, 0) is 19.3 Å². The molecule has 4 heteroatoms. The number of carbonyl (C=O) groups excluding carboxylic acids is 1. The molecule has 1 aliphatic carbocycles. The second-order valence-corrected chi connectivity index (χ2v) is 6.05. The van der Waals surface area contributed by atoms with Crippen molar-refractivity contribution in [1.29, 1.82) is 0 Å². The molecule has 19 heavy (non-hydrogen) atoms. The number of carbonyl (C=O) groups is 1. The van der Waals surface area contributed by atoms with Crippen LogP contribution in [0.1, 0.15) is 45.4 Å². The van der Waals surface area contributed by atoms with Gasteiger partial charge in [0.2, 0.25) is 5.91 Å². The summed E-state index contributed by atoms with van der Waals surface area (Å²) in [5, 5.41) is 6.45. The predicted octanol–water partition coefficient (Wildman–Crippen LogP) is 1.37. The Bertz CT molecular complexity index is 271. The van der Waals surface area contributed by atoms with E-state index < -0.39 is 0 Å². The molecule has 1 saturated heterocycles. The molecule has 2 rings (SSSR count). The van der Waals surface area contributed by atoms with Crippen molar-refractivity contribution in [3.05, 3.63) is 0 Å². The zero-order chi connectivity index (χ0) is 13.5. The molecule has 0 aromatic rings. The molecule has 2 N–H and O–H groups in total. The summed E-state index contributed by atoms with van der Waals surface area (Å²) in [5.74, 6) is 1.06. The summed E-state index contributed by atoms with van der Waals surface area (Å²) in [4.78, 5) is 14.4. The number of amides is 1. The summed E-state index contributed by atoms with van der Waals surface area (Å²) >= 11 is 0. The third-order valence-electron chi connectivity index (χ3n) is 4.66. The van der Waals surface area contributed by atoms with Crippen LogP contribution < -0.4 is 10.6 Å². The Kier molecular flexibility index (Phi) is 6.11. The Morgan fingerprint density at radius 1 is 1.26 bits per heavy atom. The summed E-state index contributed by atoms with van der Waals surface area (Å²) in [5.41, 5.74) is 0. The topological polar surface area (TPSA) is 44.4 Å². The fraction of sp³-hybridized carbons (Fsp3) is 0.933. The fourth-order valence-corrected chi connectivity index (χ4v) is 3.26. The Hall–Kier alpha value is -0.610. The number of hydrogen-bond donors (Lipinski definition) is 2. The molecule has 1 unspecified atom stereocenters. The minimum Gasteiger partial charge on any atom is -0.355 e. The fourth-order valence-electron chi connectivity index (χ4n) is 3.26. The highest BCUT2D eigenvalue weighted by molar-refractivity contribution is 5.81. The lowest BCUT2D eigenvalue weighted by atomic mass is 9.87.